The second-order valence-corrected chi connectivity index (χ2v) is 7.01. The monoisotopic (exact) mass is 324 g/mol. The Kier molecular flexibility index (Phi) is 5.72. The average Bonchev–Trinajstić information content (AvgIpc) is 2.29. The summed E-state index contributed by atoms with van der Waals surface area (Å²) in [7, 11) is 4.81. The van der Waals surface area contributed by atoms with Crippen molar-refractivity contribution in [3.63, 3.8) is 0 Å². The molecule has 0 unspecified atom stereocenters. The van der Waals surface area contributed by atoms with Gasteiger partial charge in [0.05, 0.1) is 0 Å². The van der Waals surface area contributed by atoms with Gasteiger partial charge in [-0.05, 0) is 12.1 Å². The van der Waals surface area contributed by atoms with Crippen molar-refractivity contribution < 1.29 is 17.2 Å². The molecule has 2 aromatic rings. The van der Waals surface area contributed by atoms with Crippen LogP contribution in [0.2, 0.25) is 0 Å². The molecule has 102 valence electrons. The fraction of sp³-hybridized carbons (Fsp3) is 0. The summed E-state index contributed by atoms with van der Waals surface area (Å²) in [5, 5.41) is 0. The van der Waals surface area contributed by atoms with Gasteiger partial charge >= 0.3 is 8.26 Å². The SMILES string of the molecule is Fc1ccccc1-c1ccccc1F.O=S(=O)(Cl)Cl. The molecule has 2 nitrogen and oxygen atoms in total. The highest BCUT2D eigenvalue weighted by Gasteiger charge is 2.07. The van der Waals surface area contributed by atoms with Crippen LogP contribution in [0, 0.1) is 11.6 Å². The van der Waals surface area contributed by atoms with Crippen LogP contribution in [0.15, 0.2) is 48.5 Å². The lowest BCUT2D eigenvalue weighted by molar-refractivity contribution is 0.616. The van der Waals surface area contributed by atoms with Gasteiger partial charge in [-0.2, -0.15) is 8.42 Å². The number of rotatable bonds is 1. The van der Waals surface area contributed by atoms with Gasteiger partial charge in [0.1, 0.15) is 11.6 Å². The molecule has 0 amide bonds. The Morgan fingerprint density at radius 1 is 0.737 bits per heavy atom. The molecule has 2 aromatic carbocycles. The van der Waals surface area contributed by atoms with Crippen molar-refractivity contribution in [1.82, 2.24) is 0 Å². The minimum atomic E-state index is -3.72. The van der Waals surface area contributed by atoms with Gasteiger partial charge < -0.3 is 0 Å². The smallest absolute Gasteiger partial charge is 0.206 e. The van der Waals surface area contributed by atoms with Crippen molar-refractivity contribution in [1.29, 1.82) is 0 Å². The standard InChI is InChI=1S/C12H8F2.Cl2O2S/c13-11-7-3-1-5-9(11)10-6-2-4-8-12(10)14;1-5(2,3)4/h1-8H;. The Labute approximate surface area is 118 Å². The van der Waals surface area contributed by atoms with Gasteiger partial charge in [-0.15, -0.1) is 0 Å². The van der Waals surface area contributed by atoms with E-state index in [0.29, 0.717) is 11.1 Å². The van der Waals surface area contributed by atoms with E-state index >= 15 is 0 Å². The number of benzene rings is 2. The zero-order chi connectivity index (χ0) is 14.5. The van der Waals surface area contributed by atoms with E-state index in [1.807, 2.05) is 0 Å². The van der Waals surface area contributed by atoms with Crippen LogP contribution in [0.25, 0.3) is 11.1 Å². The van der Waals surface area contributed by atoms with Crippen LogP contribution in [0.3, 0.4) is 0 Å². The number of hydrogen-bond donors (Lipinski definition) is 0. The summed E-state index contributed by atoms with van der Waals surface area (Å²) in [4.78, 5) is 0. The molecular weight excluding hydrogens is 317 g/mol. The molecule has 0 aliphatic rings. The van der Waals surface area contributed by atoms with E-state index in [1.165, 1.54) is 12.1 Å². The van der Waals surface area contributed by atoms with Crippen molar-refractivity contribution in [2.45, 2.75) is 0 Å². The van der Waals surface area contributed by atoms with E-state index in [1.54, 1.807) is 36.4 Å². The second-order valence-electron chi connectivity index (χ2n) is 3.34. The molecule has 0 aromatic heterocycles. The molecule has 0 radical (unpaired) electrons. The van der Waals surface area contributed by atoms with E-state index < -0.39 is 19.9 Å². The molecule has 0 fully saturated rings. The molecule has 0 saturated carbocycles. The highest BCUT2D eigenvalue weighted by Crippen LogP contribution is 2.24. The molecule has 0 atom stereocenters. The maximum absolute atomic E-state index is 13.3. The topological polar surface area (TPSA) is 34.1 Å². The Morgan fingerprint density at radius 2 is 1.00 bits per heavy atom. The van der Waals surface area contributed by atoms with Crippen molar-refractivity contribution in [2.75, 3.05) is 0 Å². The second kappa shape index (κ2) is 6.84. The summed E-state index contributed by atoms with van der Waals surface area (Å²) in [6.45, 7) is 0. The third-order valence-electron chi connectivity index (χ3n) is 2.04. The van der Waals surface area contributed by atoms with Gasteiger partial charge in [-0.1, -0.05) is 36.4 Å². The summed E-state index contributed by atoms with van der Waals surface area (Å²) in [5.74, 6) is -0.810. The molecule has 0 aliphatic carbocycles. The van der Waals surface area contributed by atoms with Gasteiger partial charge in [0.2, 0.25) is 0 Å². The Morgan fingerprint density at radius 3 is 1.26 bits per heavy atom. The first-order chi connectivity index (χ1) is 8.79. The van der Waals surface area contributed by atoms with E-state index in [4.69, 9.17) is 8.42 Å². The number of hydrogen-bond acceptors (Lipinski definition) is 2. The zero-order valence-corrected chi connectivity index (χ0v) is 11.7. The zero-order valence-electron chi connectivity index (χ0n) is 9.36. The van der Waals surface area contributed by atoms with Crippen LogP contribution in [-0.2, 0) is 8.26 Å². The van der Waals surface area contributed by atoms with Crippen molar-refractivity contribution in [3.05, 3.63) is 60.2 Å². The Bertz CT molecular complexity index is 609. The molecule has 0 N–H and O–H groups in total. The highest BCUT2D eigenvalue weighted by atomic mass is 36.0. The van der Waals surface area contributed by atoms with Crippen LogP contribution in [0.5, 0.6) is 0 Å². The van der Waals surface area contributed by atoms with Gasteiger partial charge in [0, 0.05) is 32.5 Å². The van der Waals surface area contributed by atoms with E-state index in [0.717, 1.165) is 0 Å². The molecule has 0 heterocycles. The molecule has 0 aliphatic heterocycles. The third kappa shape index (κ3) is 6.00. The normalized spacial score (nSPS) is 10.5. The van der Waals surface area contributed by atoms with Gasteiger partial charge in [-0.25, -0.2) is 8.78 Å². The minimum absolute atomic E-state index is 0.297. The predicted molar refractivity (Wildman–Crippen MR) is 72.4 cm³/mol. The molecule has 7 heteroatoms. The summed E-state index contributed by atoms with van der Waals surface area (Å²) < 4.78 is 44.9. The van der Waals surface area contributed by atoms with Gasteiger partial charge in [0.25, 0.3) is 0 Å². The number of halogens is 4. The fourth-order valence-corrected chi connectivity index (χ4v) is 1.36. The fourth-order valence-electron chi connectivity index (χ4n) is 1.36. The quantitative estimate of drug-likeness (QED) is 0.731. The molecule has 0 spiro atoms. The predicted octanol–water partition coefficient (Wildman–Crippen LogP) is 4.34. The van der Waals surface area contributed by atoms with Crippen molar-refractivity contribution >= 4 is 29.6 Å². The molecule has 2 rings (SSSR count). The molecule has 19 heavy (non-hydrogen) atoms. The lowest BCUT2D eigenvalue weighted by Gasteiger charge is -2.03. The van der Waals surface area contributed by atoms with E-state index in [2.05, 4.69) is 21.4 Å². The molecule has 0 bridgehead atoms. The van der Waals surface area contributed by atoms with E-state index in [9.17, 15) is 8.78 Å². The lowest BCUT2D eigenvalue weighted by Crippen LogP contribution is -1.86. The maximum Gasteiger partial charge on any atom is 0.317 e. The van der Waals surface area contributed by atoms with Crippen molar-refractivity contribution in [3.8, 4) is 11.1 Å². The first-order valence-electron chi connectivity index (χ1n) is 4.92. The third-order valence-corrected chi connectivity index (χ3v) is 2.04. The van der Waals surface area contributed by atoms with Crippen LogP contribution in [-0.4, -0.2) is 8.42 Å². The summed E-state index contributed by atoms with van der Waals surface area (Å²) in [5.41, 5.74) is 0.594. The maximum atomic E-state index is 13.3. The first kappa shape index (κ1) is 15.9. The average molecular weight is 325 g/mol. The lowest BCUT2D eigenvalue weighted by atomic mass is 10.0. The van der Waals surface area contributed by atoms with Crippen LogP contribution in [0.1, 0.15) is 0 Å². The minimum Gasteiger partial charge on any atom is -0.206 e. The largest absolute Gasteiger partial charge is 0.317 e. The Balaban J connectivity index is 0.000000312. The van der Waals surface area contributed by atoms with Crippen LogP contribution < -0.4 is 0 Å². The molecular formula is C12H8Cl2F2O2S. The molecule has 0 saturated heterocycles. The summed E-state index contributed by atoms with van der Waals surface area (Å²) in [6, 6.07) is 12.3. The van der Waals surface area contributed by atoms with Crippen LogP contribution in [0.4, 0.5) is 8.78 Å². The Hall–Kier alpha value is -1.17. The first-order valence-corrected chi connectivity index (χ1v) is 8.06. The van der Waals surface area contributed by atoms with Crippen LogP contribution >= 0.6 is 21.4 Å². The van der Waals surface area contributed by atoms with Gasteiger partial charge in [0.15, 0.2) is 0 Å². The summed E-state index contributed by atoms with van der Waals surface area (Å²) >= 11 is 0. The van der Waals surface area contributed by atoms with Crippen molar-refractivity contribution in [2.24, 2.45) is 0 Å². The van der Waals surface area contributed by atoms with Gasteiger partial charge in [-0.3, -0.25) is 0 Å². The highest BCUT2D eigenvalue weighted by molar-refractivity contribution is 8.31. The summed E-state index contributed by atoms with van der Waals surface area (Å²) in [6.07, 6.45) is 0. The van der Waals surface area contributed by atoms with E-state index in [-0.39, 0.29) is 0 Å².